The van der Waals surface area contributed by atoms with Gasteiger partial charge in [0.05, 0.1) is 19.0 Å². The maximum Gasteiger partial charge on any atom is 0.181 e. The minimum atomic E-state index is -1.25. The summed E-state index contributed by atoms with van der Waals surface area (Å²) in [6.07, 6.45) is 0.0484. The quantitative estimate of drug-likeness (QED) is 0.685. The maximum atomic E-state index is 13.9. The molecule has 0 aromatic carbocycles. The van der Waals surface area contributed by atoms with E-state index in [4.69, 9.17) is 15.1 Å². The van der Waals surface area contributed by atoms with Crippen molar-refractivity contribution in [2.45, 2.75) is 24.9 Å². The Labute approximate surface area is 106 Å². The van der Waals surface area contributed by atoms with E-state index in [1.807, 2.05) is 5.48 Å². The Hall–Kier alpha value is -1.84. The summed E-state index contributed by atoms with van der Waals surface area (Å²) < 4.78 is 20.7. The van der Waals surface area contributed by atoms with Gasteiger partial charge in [-0.15, -0.1) is 0 Å². The minimum Gasteiger partial charge on any atom is -0.394 e. The van der Waals surface area contributed by atoms with Gasteiger partial charge in [0, 0.05) is 6.42 Å². The molecule has 0 unspecified atom stereocenters. The van der Waals surface area contributed by atoms with Crippen molar-refractivity contribution in [1.82, 2.24) is 19.5 Å². The lowest BCUT2D eigenvalue weighted by Gasteiger charge is -2.15. The number of aromatic nitrogens is 4. The van der Waals surface area contributed by atoms with Crippen molar-refractivity contribution in [3.63, 3.8) is 0 Å². The fourth-order valence-electron chi connectivity index (χ4n) is 2.18. The standard InChI is InChI=1S/C10H12FN5O3/c11-6-1-5(2-17)19-10(6)16-4-14-7-8(15-18)12-3-13-9(7)16/h3-6,10,17-18H,1-2H2,(H,12,13,15)/t5-,6-,10+/m0/s1. The zero-order valence-electron chi connectivity index (χ0n) is 9.77. The van der Waals surface area contributed by atoms with Crippen LogP contribution in [0.4, 0.5) is 10.2 Å². The van der Waals surface area contributed by atoms with Crippen LogP contribution in [0.2, 0.25) is 0 Å². The van der Waals surface area contributed by atoms with Crippen molar-refractivity contribution in [3.05, 3.63) is 12.7 Å². The number of rotatable bonds is 3. The topological polar surface area (TPSA) is 105 Å². The molecule has 0 spiro atoms. The Morgan fingerprint density at radius 3 is 3.00 bits per heavy atom. The number of nitrogens with one attached hydrogen (secondary N) is 1. The molecule has 1 aliphatic heterocycles. The van der Waals surface area contributed by atoms with Crippen LogP contribution in [0.1, 0.15) is 12.6 Å². The zero-order chi connectivity index (χ0) is 13.4. The van der Waals surface area contributed by atoms with Gasteiger partial charge >= 0.3 is 0 Å². The summed E-state index contributed by atoms with van der Waals surface area (Å²) in [5, 5.41) is 17.9. The van der Waals surface area contributed by atoms with Gasteiger partial charge < -0.3 is 9.84 Å². The molecule has 0 aliphatic carbocycles. The number of hydrogen-bond donors (Lipinski definition) is 3. The van der Waals surface area contributed by atoms with Crippen molar-refractivity contribution in [3.8, 4) is 0 Å². The summed E-state index contributed by atoms with van der Waals surface area (Å²) in [5.41, 5.74) is 2.56. The van der Waals surface area contributed by atoms with Crippen LogP contribution >= 0.6 is 0 Å². The molecular weight excluding hydrogens is 257 g/mol. The Bertz CT molecular complexity index is 592. The van der Waals surface area contributed by atoms with Gasteiger partial charge in [-0.2, -0.15) is 0 Å². The molecule has 0 amide bonds. The number of anilines is 1. The molecule has 0 saturated carbocycles. The summed E-state index contributed by atoms with van der Waals surface area (Å²) in [7, 11) is 0. The largest absolute Gasteiger partial charge is 0.394 e. The number of alkyl halides is 1. The van der Waals surface area contributed by atoms with E-state index in [1.165, 1.54) is 17.2 Å². The average molecular weight is 269 g/mol. The number of halogens is 1. The zero-order valence-corrected chi connectivity index (χ0v) is 9.77. The predicted octanol–water partition coefficient (Wildman–Crippen LogP) is 0.245. The molecule has 2 aromatic heterocycles. The van der Waals surface area contributed by atoms with Crippen LogP contribution in [0.3, 0.4) is 0 Å². The van der Waals surface area contributed by atoms with E-state index in [1.54, 1.807) is 0 Å². The van der Waals surface area contributed by atoms with E-state index in [-0.39, 0.29) is 18.8 Å². The molecule has 0 bridgehead atoms. The molecule has 3 rings (SSSR count). The van der Waals surface area contributed by atoms with Crippen LogP contribution in [0, 0.1) is 0 Å². The Balaban J connectivity index is 2.02. The fourth-order valence-corrected chi connectivity index (χ4v) is 2.18. The number of imidazole rings is 1. The third kappa shape index (κ3) is 1.91. The highest BCUT2D eigenvalue weighted by Crippen LogP contribution is 2.33. The lowest BCUT2D eigenvalue weighted by Crippen LogP contribution is -2.16. The number of aliphatic hydroxyl groups is 1. The Kier molecular flexibility index (Phi) is 3.01. The summed E-state index contributed by atoms with van der Waals surface area (Å²) in [5.74, 6) is 0.135. The van der Waals surface area contributed by atoms with Gasteiger partial charge in [0.2, 0.25) is 0 Å². The molecule has 1 aliphatic rings. The number of fused-ring (bicyclic) bond motifs is 1. The second kappa shape index (κ2) is 4.68. The van der Waals surface area contributed by atoms with Crippen molar-refractivity contribution in [1.29, 1.82) is 0 Å². The number of aliphatic hydroxyl groups excluding tert-OH is 1. The second-order valence-corrected chi connectivity index (χ2v) is 4.24. The van der Waals surface area contributed by atoms with E-state index >= 15 is 0 Å². The second-order valence-electron chi connectivity index (χ2n) is 4.24. The maximum absolute atomic E-state index is 13.9. The van der Waals surface area contributed by atoms with Gasteiger partial charge in [0.25, 0.3) is 0 Å². The minimum absolute atomic E-state index is 0.122. The molecule has 19 heavy (non-hydrogen) atoms. The highest BCUT2D eigenvalue weighted by Gasteiger charge is 2.37. The van der Waals surface area contributed by atoms with Gasteiger partial charge in [0.1, 0.15) is 12.5 Å². The Morgan fingerprint density at radius 2 is 2.32 bits per heavy atom. The van der Waals surface area contributed by atoms with Gasteiger partial charge in [0.15, 0.2) is 23.2 Å². The lowest BCUT2D eigenvalue weighted by atomic mass is 10.2. The lowest BCUT2D eigenvalue weighted by molar-refractivity contribution is -0.0351. The normalized spacial score (nSPS) is 27.0. The van der Waals surface area contributed by atoms with Crippen LogP contribution in [0.25, 0.3) is 11.2 Å². The molecule has 102 valence electrons. The molecule has 9 heteroatoms. The molecule has 2 aromatic rings. The van der Waals surface area contributed by atoms with Gasteiger partial charge in [-0.3, -0.25) is 15.3 Å². The molecular formula is C10H12FN5O3. The van der Waals surface area contributed by atoms with Crippen molar-refractivity contribution < 1.29 is 19.4 Å². The fraction of sp³-hybridized carbons (Fsp3) is 0.500. The molecule has 3 atom stereocenters. The van der Waals surface area contributed by atoms with Crippen molar-refractivity contribution in [2.24, 2.45) is 0 Å². The Morgan fingerprint density at radius 1 is 1.47 bits per heavy atom. The molecule has 3 heterocycles. The van der Waals surface area contributed by atoms with E-state index in [0.29, 0.717) is 11.2 Å². The third-order valence-corrected chi connectivity index (χ3v) is 3.07. The van der Waals surface area contributed by atoms with Crippen molar-refractivity contribution in [2.75, 3.05) is 12.1 Å². The summed E-state index contributed by atoms with van der Waals surface area (Å²) in [6.45, 7) is -0.234. The smallest absolute Gasteiger partial charge is 0.181 e. The average Bonchev–Trinajstić information content (AvgIpc) is 3.01. The molecule has 3 N–H and O–H groups in total. The van der Waals surface area contributed by atoms with Gasteiger partial charge in [-0.25, -0.2) is 19.3 Å². The SMILES string of the molecule is OC[C@@H]1C[C@H](F)[C@H](n2cnc3c(NO)ncnc32)O1. The molecule has 1 fully saturated rings. The predicted molar refractivity (Wildman–Crippen MR) is 61.2 cm³/mol. The van der Waals surface area contributed by atoms with E-state index in [2.05, 4.69) is 15.0 Å². The van der Waals surface area contributed by atoms with Crippen LogP contribution < -0.4 is 5.48 Å². The summed E-state index contributed by atoms with van der Waals surface area (Å²) >= 11 is 0. The van der Waals surface area contributed by atoms with Crippen LogP contribution in [0.5, 0.6) is 0 Å². The first-order valence-electron chi connectivity index (χ1n) is 5.72. The van der Waals surface area contributed by atoms with Crippen LogP contribution in [-0.4, -0.2) is 48.7 Å². The first-order chi connectivity index (χ1) is 9.24. The van der Waals surface area contributed by atoms with E-state index < -0.39 is 18.5 Å². The monoisotopic (exact) mass is 269 g/mol. The highest BCUT2D eigenvalue weighted by molar-refractivity contribution is 5.82. The number of ether oxygens (including phenoxy) is 1. The molecule has 8 nitrogen and oxygen atoms in total. The van der Waals surface area contributed by atoms with E-state index in [9.17, 15) is 4.39 Å². The first kappa shape index (κ1) is 12.2. The van der Waals surface area contributed by atoms with E-state index in [0.717, 1.165) is 0 Å². The molecule has 0 radical (unpaired) electrons. The number of nitrogens with zero attached hydrogens (tertiary/aromatic N) is 4. The van der Waals surface area contributed by atoms with Crippen molar-refractivity contribution >= 4 is 17.0 Å². The summed E-state index contributed by atoms with van der Waals surface area (Å²) in [4.78, 5) is 11.8. The van der Waals surface area contributed by atoms with Gasteiger partial charge in [-0.05, 0) is 0 Å². The van der Waals surface area contributed by atoms with Crippen LogP contribution in [-0.2, 0) is 4.74 Å². The highest BCUT2D eigenvalue weighted by atomic mass is 19.1. The first-order valence-corrected chi connectivity index (χ1v) is 5.72. The van der Waals surface area contributed by atoms with Gasteiger partial charge in [-0.1, -0.05) is 0 Å². The third-order valence-electron chi connectivity index (χ3n) is 3.07. The number of hydrogen-bond acceptors (Lipinski definition) is 7. The van der Waals surface area contributed by atoms with Crippen LogP contribution in [0.15, 0.2) is 12.7 Å². The summed E-state index contributed by atoms with van der Waals surface area (Å²) in [6, 6.07) is 0. The molecule has 1 saturated heterocycles.